The zero-order chi connectivity index (χ0) is 11.3. The first kappa shape index (κ1) is 12.5. The van der Waals surface area contributed by atoms with E-state index in [1.807, 2.05) is 25.6 Å². The molecule has 4 nitrogen and oxygen atoms in total. The fourth-order valence-corrected chi connectivity index (χ4v) is 1.78. The second-order valence-corrected chi connectivity index (χ2v) is 4.85. The van der Waals surface area contributed by atoms with Gasteiger partial charge in [0.25, 0.3) is 0 Å². The molecule has 0 bridgehead atoms. The van der Waals surface area contributed by atoms with Gasteiger partial charge in [-0.2, -0.15) is 16.7 Å². The van der Waals surface area contributed by atoms with Crippen LogP contribution in [-0.4, -0.2) is 21.9 Å². The van der Waals surface area contributed by atoms with Gasteiger partial charge in [-0.05, 0) is 19.1 Å². The van der Waals surface area contributed by atoms with Crippen molar-refractivity contribution >= 4 is 11.8 Å². The first-order chi connectivity index (χ1) is 7.15. The molecule has 0 aliphatic carbocycles. The van der Waals surface area contributed by atoms with Crippen molar-refractivity contribution in [2.24, 2.45) is 5.73 Å². The molecule has 15 heavy (non-hydrogen) atoms. The van der Waals surface area contributed by atoms with Crippen LogP contribution in [0.15, 0.2) is 4.52 Å². The first-order valence-electron chi connectivity index (χ1n) is 5.31. The minimum Gasteiger partial charge on any atom is -0.339 e. The highest BCUT2D eigenvalue weighted by molar-refractivity contribution is 7.98. The maximum atomic E-state index is 5.77. The SMILES string of the molecule is CCCSCc1noc(C(C)C(C)N)n1. The van der Waals surface area contributed by atoms with E-state index in [-0.39, 0.29) is 12.0 Å². The molecule has 0 aliphatic heterocycles. The van der Waals surface area contributed by atoms with Gasteiger partial charge in [-0.15, -0.1) is 0 Å². The molecule has 86 valence electrons. The van der Waals surface area contributed by atoms with Crippen molar-refractivity contribution in [3.63, 3.8) is 0 Å². The molecule has 0 aromatic carbocycles. The molecule has 0 saturated carbocycles. The van der Waals surface area contributed by atoms with Crippen molar-refractivity contribution < 1.29 is 4.52 Å². The number of hydrogen-bond donors (Lipinski definition) is 1. The van der Waals surface area contributed by atoms with Crippen molar-refractivity contribution in [1.82, 2.24) is 10.1 Å². The molecule has 0 spiro atoms. The molecule has 0 fully saturated rings. The quantitative estimate of drug-likeness (QED) is 0.757. The van der Waals surface area contributed by atoms with E-state index in [0.717, 1.165) is 17.3 Å². The summed E-state index contributed by atoms with van der Waals surface area (Å²) in [6.07, 6.45) is 1.17. The smallest absolute Gasteiger partial charge is 0.231 e. The Labute approximate surface area is 95.0 Å². The third-order valence-corrected chi connectivity index (χ3v) is 3.40. The monoisotopic (exact) mass is 229 g/mol. The van der Waals surface area contributed by atoms with Crippen molar-refractivity contribution in [2.45, 2.75) is 44.9 Å². The highest BCUT2D eigenvalue weighted by Crippen LogP contribution is 2.17. The Morgan fingerprint density at radius 3 is 2.80 bits per heavy atom. The topological polar surface area (TPSA) is 64.9 Å². The number of hydrogen-bond acceptors (Lipinski definition) is 5. The lowest BCUT2D eigenvalue weighted by atomic mass is 10.1. The Morgan fingerprint density at radius 2 is 2.20 bits per heavy atom. The van der Waals surface area contributed by atoms with E-state index in [2.05, 4.69) is 17.1 Å². The molecule has 1 aromatic rings. The predicted molar refractivity (Wildman–Crippen MR) is 62.8 cm³/mol. The van der Waals surface area contributed by atoms with E-state index in [1.54, 1.807) is 0 Å². The molecule has 1 heterocycles. The van der Waals surface area contributed by atoms with E-state index >= 15 is 0 Å². The average molecular weight is 229 g/mol. The van der Waals surface area contributed by atoms with Crippen LogP contribution in [0.3, 0.4) is 0 Å². The number of thioether (sulfide) groups is 1. The predicted octanol–water partition coefficient (Wildman–Crippen LogP) is 2.16. The van der Waals surface area contributed by atoms with Gasteiger partial charge >= 0.3 is 0 Å². The van der Waals surface area contributed by atoms with Crippen molar-refractivity contribution in [2.75, 3.05) is 5.75 Å². The molecule has 5 heteroatoms. The van der Waals surface area contributed by atoms with Gasteiger partial charge in [-0.1, -0.05) is 19.0 Å². The van der Waals surface area contributed by atoms with E-state index in [4.69, 9.17) is 10.3 Å². The molecule has 1 rings (SSSR count). The van der Waals surface area contributed by atoms with Crippen LogP contribution in [0.25, 0.3) is 0 Å². The largest absolute Gasteiger partial charge is 0.339 e. The lowest BCUT2D eigenvalue weighted by Gasteiger charge is -2.09. The molecule has 0 saturated heterocycles. The normalized spacial score (nSPS) is 15.2. The van der Waals surface area contributed by atoms with E-state index in [1.165, 1.54) is 6.42 Å². The lowest BCUT2D eigenvalue weighted by Crippen LogP contribution is -2.22. The standard InChI is InChI=1S/C10H19N3OS/c1-4-5-15-6-9-12-10(14-13-9)7(2)8(3)11/h7-8H,4-6,11H2,1-3H3. The summed E-state index contributed by atoms with van der Waals surface area (Å²) in [7, 11) is 0. The van der Waals surface area contributed by atoms with Crippen molar-refractivity contribution in [1.29, 1.82) is 0 Å². The van der Waals surface area contributed by atoms with Crippen LogP contribution in [-0.2, 0) is 5.75 Å². The number of nitrogens with two attached hydrogens (primary N) is 1. The van der Waals surface area contributed by atoms with Crippen LogP contribution in [0.5, 0.6) is 0 Å². The Morgan fingerprint density at radius 1 is 1.47 bits per heavy atom. The van der Waals surface area contributed by atoms with Gasteiger partial charge in [0.15, 0.2) is 5.82 Å². The highest BCUT2D eigenvalue weighted by atomic mass is 32.2. The van der Waals surface area contributed by atoms with Crippen LogP contribution < -0.4 is 5.73 Å². The maximum absolute atomic E-state index is 5.77. The van der Waals surface area contributed by atoms with E-state index in [9.17, 15) is 0 Å². The molecule has 0 amide bonds. The van der Waals surface area contributed by atoms with Crippen LogP contribution in [0.1, 0.15) is 44.8 Å². The van der Waals surface area contributed by atoms with E-state index in [0.29, 0.717) is 5.89 Å². The minimum absolute atomic E-state index is 0.0431. The molecule has 1 aromatic heterocycles. The Bertz CT molecular complexity index is 288. The van der Waals surface area contributed by atoms with Crippen molar-refractivity contribution in [3.05, 3.63) is 11.7 Å². The summed E-state index contributed by atoms with van der Waals surface area (Å²) in [5.41, 5.74) is 5.77. The Hall–Kier alpha value is -0.550. The van der Waals surface area contributed by atoms with Gasteiger partial charge in [-0.25, -0.2) is 0 Å². The van der Waals surface area contributed by atoms with Gasteiger partial charge in [-0.3, -0.25) is 0 Å². The van der Waals surface area contributed by atoms with Crippen LogP contribution >= 0.6 is 11.8 Å². The molecule has 2 N–H and O–H groups in total. The van der Waals surface area contributed by atoms with Crippen LogP contribution in [0.2, 0.25) is 0 Å². The molecule has 0 radical (unpaired) electrons. The Balaban J connectivity index is 2.48. The molecular weight excluding hydrogens is 210 g/mol. The third-order valence-electron chi connectivity index (χ3n) is 2.24. The molecule has 2 unspecified atom stereocenters. The fourth-order valence-electron chi connectivity index (χ4n) is 1.04. The maximum Gasteiger partial charge on any atom is 0.231 e. The second-order valence-electron chi connectivity index (χ2n) is 3.75. The van der Waals surface area contributed by atoms with Gasteiger partial charge < -0.3 is 10.3 Å². The zero-order valence-electron chi connectivity index (χ0n) is 9.56. The van der Waals surface area contributed by atoms with Gasteiger partial charge in [0, 0.05) is 6.04 Å². The fraction of sp³-hybridized carbons (Fsp3) is 0.800. The van der Waals surface area contributed by atoms with Gasteiger partial charge in [0.1, 0.15) is 0 Å². The number of rotatable bonds is 6. The summed E-state index contributed by atoms with van der Waals surface area (Å²) < 4.78 is 5.16. The summed E-state index contributed by atoms with van der Waals surface area (Å²) in [5, 5.41) is 3.93. The van der Waals surface area contributed by atoms with Gasteiger partial charge in [0.2, 0.25) is 5.89 Å². The van der Waals surface area contributed by atoms with Crippen LogP contribution in [0.4, 0.5) is 0 Å². The van der Waals surface area contributed by atoms with Crippen molar-refractivity contribution in [3.8, 4) is 0 Å². The zero-order valence-corrected chi connectivity index (χ0v) is 10.4. The molecular formula is C10H19N3OS. The van der Waals surface area contributed by atoms with Gasteiger partial charge in [0.05, 0.1) is 11.7 Å². The average Bonchev–Trinajstić information content (AvgIpc) is 2.65. The summed E-state index contributed by atoms with van der Waals surface area (Å²) >= 11 is 1.82. The first-order valence-corrected chi connectivity index (χ1v) is 6.46. The summed E-state index contributed by atoms with van der Waals surface area (Å²) in [6.45, 7) is 6.11. The Kier molecular flexibility index (Phi) is 5.11. The summed E-state index contributed by atoms with van der Waals surface area (Å²) in [5.74, 6) is 3.51. The third kappa shape index (κ3) is 3.83. The molecule has 0 aliphatic rings. The second kappa shape index (κ2) is 6.12. The summed E-state index contributed by atoms with van der Waals surface area (Å²) in [6, 6.07) is 0.0431. The summed E-state index contributed by atoms with van der Waals surface area (Å²) in [4.78, 5) is 4.32. The number of aromatic nitrogens is 2. The highest BCUT2D eigenvalue weighted by Gasteiger charge is 2.17. The van der Waals surface area contributed by atoms with Crippen LogP contribution in [0, 0.1) is 0 Å². The molecule has 2 atom stereocenters. The van der Waals surface area contributed by atoms with E-state index < -0.39 is 0 Å². The lowest BCUT2D eigenvalue weighted by molar-refractivity contribution is 0.344. The minimum atomic E-state index is 0.0431. The number of nitrogens with zero attached hydrogens (tertiary/aromatic N) is 2.